The van der Waals surface area contributed by atoms with Crippen molar-refractivity contribution in [3.63, 3.8) is 0 Å². The summed E-state index contributed by atoms with van der Waals surface area (Å²) in [7, 11) is 0. The third kappa shape index (κ3) is 4.00. The van der Waals surface area contributed by atoms with Crippen molar-refractivity contribution in [2.24, 2.45) is 0 Å². The second kappa shape index (κ2) is 8.86. The van der Waals surface area contributed by atoms with E-state index >= 15 is 0 Å². The van der Waals surface area contributed by atoms with Crippen LogP contribution in [0.2, 0.25) is 0 Å². The van der Waals surface area contributed by atoms with Gasteiger partial charge < -0.3 is 55.1 Å². The molecule has 29 heavy (non-hydrogen) atoms. The summed E-state index contributed by atoms with van der Waals surface area (Å²) >= 11 is 0.914. The van der Waals surface area contributed by atoms with Gasteiger partial charge in [0.05, 0.1) is 13.2 Å². The van der Waals surface area contributed by atoms with Crippen LogP contribution in [0, 0.1) is 0 Å². The zero-order valence-electron chi connectivity index (χ0n) is 15.0. The number of carboxylic acids is 1. The average Bonchev–Trinajstić information content (AvgIpc) is 3.15. The van der Waals surface area contributed by atoms with E-state index < -0.39 is 85.4 Å². The van der Waals surface area contributed by atoms with Crippen LogP contribution in [0.5, 0.6) is 0 Å². The summed E-state index contributed by atoms with van der Waals surface area (Å²) in [6.07, 6.45) is -14.1. The highest BCUT2D eigenvalue weighted by atomic mass is 32.2. The number of aliphatic carboxylic acids is 1. The molecule has 1 spiro atoms. The Balaban J connectivity index is 1.81. The van der Waals surface area contributed by atoms with E-state index in [1.807, 2.05) is 0 Å². The lowest BCUT2D eigenvalue weighted by Crippen LogP contribution is -2.72. The van der Waals surface area contributed by atoms with Gasteiger partial charge in [-0.25, -0.2) is 0 Å². The first-order chi connectivity index (χ1) is 13.7. The van der Waals surface area contributed by atoms with Gasteiger partial charge in [0, 0.05) is 5.75 Å². The van der Waals surface area contributed by atoms with Gasteiger partial charge in [0.2, 0.25) is 0 Å². The number of hydrogen-bond acceptors (Lipinski definition) is 13. The van der Waals surface area contributed by atoms with Gasteiger partial charge in [-0.3, -0.25) is 10.1 Å². The summed E-state index contributed by atoms with van der Waals surface area (Å²) in [5.41, 5.74) is 0. The minimum atomic E-state index is -1.77. The molecule has 0 aliphatic carbocycles. The maximum absolute atomic E-state index is 11.3. The SMILES string of the molecule is O=C(O)C1CSC2(N1)[C@@H](O)[C@H](O[C@H]1O[C@H](CO)[C@@H](O)[C@@H](O)[C@@H]1O)O[C@@H](CO)[C@@H]2O. The molecule has 9 N–H and O–H groups in total. The molecule has 168 valence electrons. The first-order valence-electron chi connectivity index (χ1n) is 8.89. The van der Waals surface area contributed by atoms with Crippen molar-refractivity contribution >= 4 is 17.7 Å². The molecule has 2 unspecified atom stereocenters. The van der Waals surface area contributed by atoms with Crippen LogP contribution in [0.25, 0.3) is 0 Å². The molecule has 0 radical (unpaired) electrons. The third-order valence-electron chi connectivity index (χ3n) is 5.28. The molecule has 0 amide bonds. The molecule has 0 aromatic heterocycles. The zero-order valence-corrected chi connectivity index (χ0v) is 15.8. The Morgan fingerprint density at radius 1 is 0.966 bits per heavy atom. The van der Waals surface area contributed by atoms with Crippen LogP contribution in [0.15, 0.2) is 0 Å². The molecule has 3 fully saturated rings. The molecular weight excluding hydrogens is 418 g/mol. The maximum Gasteiger partial charge on any atom is 0.321 e. The molecule has 0 aromatic carbocycles. The Bertz CT molecular complexity index is 598. The molecule has 0 bridgehead atoms. The van der Waals surface area contributed by atoms with Gasteiger partial charge in [-0.2, -0.15) is 0 Å². The van der Waals surface area contributed by atoms with Crippen molar-refractivity contribution in [1.29, 1.82) is 0 Å². The molecule has 11 atom stereocenters. The van der Waals surface area contributed by atoms with E-state index in [0.717, 1.165) is 11.8 Å². The summed E-state index contributed by atoms with van der Waals surface area (Å²) in [5.74, 6) is -1.19. The Kier molecular flexibility index (Phi) is 7.04. The van der Waals surface area contributed by atoms with Crippen LogP contribution < -0.4 is 5.32 Å². The quantitative estimate of drug-likeness (QED) is 0.194. The van der Waals surface area contributed by atoms with Gasteiger partial charge in [0.15, 0.2) is 12.6 Å². The molecule has 13 nitrogen and oxygen atoms in total. The Morgan fingerprint density at radius 2 is 1.59 bits per heavy atom. The predicted octanol–water partition coefficient (Wildman–Crippen LogP) is -5.27. The summed E-state index contributed by atoms with van der Waals surface area (Å²) in [5, 5.41) is 81.8. The topological polar surface area (TPSA) is 219 Å². The van der Waals surface area contributed by atoms with Crippen LogP contribution in [-0.4, -0.2) is 132 Å². The Labute approximate surface area is 168 Å². The zero-order chi connectivity index (χ0) is 21.5. The molecule has 0 saturated carbocycles. The molecule has 14 heteroatoms. The van der Waals surface area contributed by atoms with Gasteiger partial charge in [-0.05, 0) is 0 Å². The van der Waals surface area contributed by atoms with Gasteiger partial charge in [0.1, 0.15) is 53.6 Å². The van der Waals surface area contributed by atoms with E-state index in [4.69, 9.17) is 14.2 Å². The third-order valence-corrected chi connectivity index (χ3v) is 6.86. The minimum Gasteiger partial charge on any atom is -0.480 e. The molecular formula is C15H25NO12S. The molecule has 3 saturated heterocycles. The van der Waals surface area contributed by atoms with Crippen molar-refractivity contribution in [2.45, 2.75) is 66.2 Å². The number of thioether (sulfide) groups is 1. The van der Waals surface area contributed by atoms with Crippen molar-refractivity contribution in [3.8, 4) is 0 Å². The van der Waals surface area contributed by atoms with Gasteiger partial charge in [-0.15, -0.1) is 11.8 Å². The maximum atomic E-state index is 11.3. The number of nitrogens with one attached hydrogen (secondary N) is 1. The highest BCUT2D eigenvalue weighted by Gasteiger charge is 2.61. The fraction of sp³-hybridized carbons (Fsp3) is 0.933. The van der Waals surface area contributed by atoms with Crippen LogP contribution >= 0.6 is 11.8 Å². The van der Waals surface area contributed by atoms with Gasteiger partial charge >= 0.3 is 5.97 Å². The molecule has 0 aromatic rings. The lowest BCUT2D eigenvalue weighted by molar-refractivity contribution is -0.371. The fourth-order valence-electron chi connectivity index (χ4n) is 3.59. The van der Waals surface area contributed by atoms with Crippen molar-refractivity contribution in [2.75, 3.05) is 19.0 Å². The number of hydrogen-bond donors (Lipinski definition) is 9. The highest BCUT2D eigenvalue weighted by molar-refractivity contribution is 8.01. The van der Waals surface area contributed by atoms with Crippen molar-refractivity contribution in [3.05, 3.63) is 0 Å². The van der Waals surface area contributed by atoms with E-state index in [9.17, 15) is 45.6 Å². The van der Waals surface area contributed by atoms with Crippen LogP contribution in [0.3, 0.4) is 0 Å². The molecule has 3 aliphatic rings. The van der Waals surface area contributed by atoms with E-state index in [1.54, 1.807) is 0 Å². The van der Waals surface area contributed by atoms with E-state index in [1.165, 1.54) is 0 Å². The fourth-order valence-corrected chi connectivity index (χ4v) is 5.09. The lowest BCUT2D eigenvalue weighted by Gasteiger charge is -2.50. The molecule has 3 aliphatic heterocycles. The number of ether oxygens (including phenoxy) is 3. The molecule has 3 rings (SSSR count). The smallest absolute Gasteiger partial charge is 0.321 e. The summed E-state index contributed by atoms with van der Waals surface area (Å²) in [4.78, 5) is 9.63. The second-order valence-corrected chi connectivity index (χ2v) is 8.39. The van der Waals surface area contributed by atoms with E-state index in [-0.39, 0.29) is 5.75 Å². The first kappa shape index (κ1) is 23.1. The van der Waals surface area contributed by atoms with Crippen molar-refractivity contribution < 1.29 is 59.9 Å². The summed E-state index contributed by atoms with van der Waals surface area (Å²) in [6.45, 7) is -1.39. The van der Waals surface area contributed by atoms with Crippen LogP contribution in [-0.2, 0) is 19.0 Å². The molecule has 3 heterocycles. The number of carbonyl (C=O) groups is 1. The second-order valence-electron chi connectivity index (χ2n) is 7.09. The number of aliphatic hydroxyl groups excluding tert-OH is 7. The monoisotopic (exact) mass is 443 g/mol. The summed E-state index contributed by atoms with van der Waals surface area (Å²) in [6, 6.07) is -1.09. The lowest BCUT2D eigenvalue weighted by atomic mass is 9.94. The predicted molar refractivity (Wildman–Crippen MR) is 92.4 cm³/mol. The van der Waals surface area contributed by atoms with E-state index in [0.29, 0.717) is 0 Å². The summed E-state index contributed by atoms with van der Waals surface area (Å²) < 4.78 is 16.0. The van der Waals surface area contributed by atoms with Gasteiger partial charge in [0.25, 0.3) is 0 Å². The highest BCUT2D eigenvalue weighted by Crippen LogP contribution is 2.44. The normalized spacial score (nSPS) is 50.7. The minimum absolute atomic E-state index is 0.00830. The van der Waals surface area contributed by atoms with E-state index in [2.05, 4.69) is 5.32 Å². The van der Waals surface area contributed by atoms with Gasteiger partial charge in [-0.1, -0.05) is 0 Å². The van der Waals surface area contributed by atoms with Crippen molar-refractivity contribution in [1.82, 2.24) is 5.32 Å². The Hall–Kier alpha value is -0.620. The first-order valence-corrected chi connectivity index (χ1v) is 9.87. The van der Waals surface area contributed by atoms with Crippen LogP contribution in [0.1, 0.15) is 0 Å². The van der Waals surface area contributed by atoms with Crippen LogP contribution in [0.4, 0.5) is 0 Å². The number of aliphatic hydroxyl groups is 7. The largest absolute Gasteiger partial charge is 0.480 e. The number of carboxylic acid groups (broad SMARTS) is 1. The standard InChI is InChI=1S/C15H25NO12S/c17-1-5-7(19)8(20)9(21)13(26-5)28-14-11(23)15(10(22)6(2-18)27-14)16-4(3-29-15)12(24)25/h4-11,13-14,16-23H,1-3H2,(H,24,25)/t4?,5-,6+,7-,8-,9+,10+,11+,13-,14+,15?/m1/s1. The Morgan fingerprint density at radius 3 is 2.14 bits per heavy atom. The average molecular weight is 443 g/mol. The number of rotatable bonds is 5.